The highest BCUT2D eigenvalue weighted by molar-refractivity contribution is 6.49. The van der Waals surface area contributed by atoms with E-state index in [1.165, 1.54) is 39.3 Å². The number of hydrogen-bond acceptors (Lipinski definition) is 3. The van der Waals surface area contributed by atoms with Crippen molar-refractivity contribution in [3.8, 4) is 0 Å². The Kier molecular flexibility index (Phi) is 9.22. The molecule has 0 aromatic carbocycles. The minimum absolute atomic E-state index is 1.08. The van der Waals surface area contributed by atoms with Crippen molar-refractivity contribution in [3.63, 3.8) is 0 Å². The van der Waals surface area contributed by atoms with Crippen LogP contribution in [0.2, 0.25) is 0 Å². The van der Waals surface area contributed by atoms with Gasteiger partial charge in [0.2, 0.25) is 0 Å². The smallest absolute Gasteiger partial charge is 0.272 e. The number of hydrogen-bond donors (Lipinski definition) is 0. The second-order valence-corrected chi connectivity index (χ2v) is 6.89. The maximum absolute atomic E-state index is 2.68. The Bertz CT molecular complexity index is 126. The summed E-state index contributed by atoms with van der Waals surface area (Å²) in [4.78, 5) is 0. The SMILES string of the molecule is CCN(CC)[SiH](N(CC)CC)N(CC)CC. The zero-order chi connectivity index (χ0) is 12.6. The van der Waals surface area contributed by atoms with Crippen molar-refractivity contribution in [2.24, 2.45) is 0 Å². The van der Waals surface area contributed by atoms with Crippen LogP contribution in [0.5, 0.6) is 0 Å². The van der Waals surface area contributed by atoms with Gasteiger partial charge in [0.15, 0.2) is 0 Å². The van der Waals surface area contributed by atoms with E-state index in [0.717, 1.165) is 0 Å². The molecule has 98 valence electrons. The molecule has 4 heteroatoms. The first-order valence-electron chi connectivity index (χ1n) is 6.91. The van der Waals surface area contributed by atoms with Gasteiger partial charge in [0.25, 0.3) is 9.28 Å². The molecule has 0 radical (unpaired) electrons. The fourth-order valence-electron chi connectivity index (χ4n) is 2.34. The maximum Gasteiger partial charge on any atom is 0.272 e. The molecule has 3 nitrogen and oxygen atoms in total. The fourth-order valence-corrected chi connectivity index (χ4v) is 5.69. The number of nitrogens with zero attached hydrogens (tertiary/aromatic N) is 3. The van der Waals surface area contributed by atoms with Gasteiger partial charge in [-0.2, -0.15) is 0 Å². The molecule has 0 fully saturated rings. The Labute approximate surface area is 104 Å². The summed E-state index contributed by atoms with van der Waals surface area (Å²) in [6, 6.07) is 0. The molecule has 0 amide bonds. The van der Waals surface area contributed by atoms with E-state index in [1.54, 1.807) is 0 Å². The van der Waals surface area contributed by atoms with Crippen molar-refractivity contribution >= 4 is 9.28 Å². The van der Waals surface area contributed by atoms with E-state index in [1.807, 2.05) is 0 Å². The Morgan fingerprint density at radius 2 is 0.688 bits per heavy atom. The van der Waals surface area contributed by atoms with Crippen molar-refractivity contribution in [2.75, 3.05) is 39.3 Å². The summed E-state index contributed by atoms with van der Waals surface area (Å²) in [6.07, 6.45) is 0. The summed E-state index contributed by atoms with van der Waals surface area (Å²) >= 11 is 0. The molecule has 0 saturated heterocycles. The Morgan fingerprint density at radius 1 is 0.500 bits per heavy atom. The monoisotopic (exact) mass is 245 g/mol. The maximum atomic E-state index is 2.68. The van der Waals surface area contributed by atoms with E-state index in [2.05, 4.69) is 55.2 Å². The lowest BCUT2D eigenvalue weighted by molar-refractivity contribution is 0.294. The second kappa shape index (κ2) is 9.16. The van der Waals surface area contributed by atoms with Gasteiger partial charge in [0.05, 0.1) is 0 Å². The predicted octanol–water partition coefficient (Wildman–Crippen LogP) is 1.73. The van der Waals surface area contributed by atoms with Gasteiger partial charge in [-0.15, -0.1) is 0 Å². The van der Waals surface area contributed by atoms with Crippen LogP contribution in [0.3, 0.4) is 0 Å². The molecule has 0 rings (SSSR count). The highest BCUT2D eigenvalue weighted by Gasteiger charge is 2.28. The highest BCUT2D eigenvalue weighted by Crippen LogP contribution is 2.07. The van der Waals surface area contributed by atoms with Crippen molar-refractivity contribution < 1.29 is 0 Å². The molecule has 0 spiro atoms. The van der Waals surface area contributed by atoms with Gasteiger partial charge in [-0.05, 0) is 39.3 Å². The lowest BCUT2D eigenvalue weighted by atomic mass is 10.6. The lowest BCUT2D eigenvalue weighted by Gasteiger charge is -2.42. The van der Waals surface area contributed by atoms with Gasteiger partial charge >= 0.3 is 0 Å². The van der Waals surface area contributed by atoms with Crippen LogP contribution in [-0.2, 0) is 0 Å². The summed E-state index contributed by atoms with van der Waals surface area (Å²) in [5, 5.41) is 0. The summed E-state index contributed by atoms with van der Waals surface area (Å²) < 4.78 is 8.04. The molecule has 0 aliphatic rings. The standard InChI is InChI=1S/C12H31N3Si/c1-7-13(8-2)16(14(9-3)10-4)15(11-5)12-6/h16H,7-12H2,1-6H3. The average molecular weight is 245 g/mol. The molecule has 0 bridgehead atoms. The molecule has 0 aliphatic heterocycles. The van der Waals surface area contributed by atoms with Crippen LogP contribution in [0, 0.1) is 0 Å². The van der Waals surface area contributed by atoms with Crippen LogP contribution < -0.4 is 0 Å². The lowest BCUT2D eigenvalue weighted by Crippen LogP contribution is -2.62. The third-order valence-corrected chi connectivity index (χ3v) is 7.57. The summed E-state index contributed by atoms with van der Waals surface area (Å²) in [6.45, 7) is 20.8. The van der Waals surface area contributed by atoms with Crippen molar-refractivity contribution in [1.82, 2.24) is 13.7 Å². The van der Waals surface area contributed by atoms with Gasteiger partial charge in [0.1, 0.15) is 0 Å². The van der Waals surface area contributed by atoms with E-state index in [4.69, 9.17) is 0 Å². The highest BCUT2D eigenvalue weighted by atomic mass is 28.3. The quantitative estimate of drug-likeness (QED) is 0.573. The molecule has 0 unspecified atom stereocenters. The first kappa shape index (κ1) is 16.1. The van der Waals surface area contributed by atoms with Crippen molar-refractivity contribution in [2.45, 2.75) is 41.5 Å². The van der Waals surface area contributed by atoms with Crippen LogP contribution in [0.25, 0.3) is 0 Å². The van der Waals surface area contributed by atoms with E-state index in [-0.39, 0.29) is 0 Å². The first-order chi connectivity index (χ1) is 7.69. The molecule has 0 aromatic rings. The first-order valence-corrected chi connectivity index (χ1v) is 8.46. The van der Waals surface area contributed by atoms with E-state index in [0.29, 0.717) is 0 Å². The largest absolute Gasteiger partial charge is 0.302 e. The van der Waals surface area contributed by atoms with E-state index < -0.39 is 9.28 Å². The molecule has 0 saturated carbocycles. The van der Waals surface area contributed by atoms with Crippen LogP contribution >= 0.6 is 0 Å². The summed E-state index contributed by atoms with van der Waals surface area (Å²) in [5.74, 6) is 0. The zero-order valence-corrected chi connectivity index (χ0v) is 13.3. The third kappa shape index (κ3) is 4.16. The van der Waals surface area contributed by atoms with E-state index >= 15 is 0 Å². The molecule has 16 heavy (non-hydrogen) atoms. The molecule has 0 aliphatic carbocycles. The minimum Gasteiger partial charge on any atom is -0.302 e. The van der Waals surface area contributed by atoms with E-state index in [9.17, 15) is 0 Å². The second-order valence-electron chi connectivity index (χ2n) is 4.01. The Morgan fingerprint density at radius 3 is 0.812 bits per heavy atom. The molecule has 0 heterocycles. The zero-order valence-electron chi connectivity index (χ0n) is 12.2. The molecular weight excluding hydrogens is 214 g/mol. The predicted molar refractivity (Wildman–Crippen MR) is 75.9 cm³/mol. The fraction of sp³-hybridized carbons (Fsp3) is 1.00. The number of rotatable bonds is 9. The Hall–Kier alpha value is 0.0969. The summed E-state index contributed by atoms with van der Waals surface area (Å²) in [5.41, 5.74) is 0. The van der Waals surface area contributed by atoms with Gasteiger partial charge in [-0.1, -0.05) is 41.5 Å². The van der Waals surface area contributed by atoms with Crippen LogP contribution in [0.4, 0.5) is 0 Å². The minimum atomic E-state index is -1.08. The Balaban J connectivity index is 4.84. The third-order valence-electron chi connectivity index (χ3n) is 3.42. The molecule has 0 N–H and O–H groups in total. The van der Waals surface area contributed by atoms with Crippen LogP contribution in [-0.4, -0.2) is 62.2 Å². The average Bonchev–Trinajstić information content (AvgIpc) is 2.33. The van der Waals surface area contributed by atoms with Crippen LogP contribution in [0.15, 0.2) is 0 Å². The topological polar surface area (TPSA) is 9.72 Å². The van der Waals surface area contributed by atoms with Crippen molar-refractivity contribution in [3.05, 3.63) is 0 Å². The molecule has 0 aromatic heterocycles. The van der Waals surface area contributed by atoms with Gasteiger partial charge < -0.3 is 13.7 Å². The van der Waals surface area contributed by atoms with Crippen LogP contribution in [0.1, 0.15) is 41.5 Å². The normalized spacial score (nSPS) is 12.4. The summed E-state index contributed by atoms with van der Waals surface area (Å²) in [7, 11) is -1.08. The van der Waals surface area contributed by atoms with Gasteiger partial charge in [0, 0.05) is 0 Å². The molecular formula is C12H31N3Si. The van der Waals surface area contributed by atoms with Gasteiger partial charge in [-0.25, -0.2) is 0 Å². The molecule has 0 atom stereocenters. The van der Waals surface area contributed by atoms with Gasteiger partial charge in [-0.3, -0.25) is 0 Å². The van der Waals surface area contributed by atoms with Crippen molar-refractivity contribution in [1.29, 1.82) is 0 Å².